The smallest absolute Gasteiger partial charge is 0.297 e. The summed E-state index contributed by atoms with van der Waals surface area (Å²) in [6.07, 6.45) is 0. The summed E-state index contributed by atoms with van der Waals surface area (Å²) in [5, 5.41) is 11.6. The highest BCUT2D eigenvalue weighted by Gasteiger charge is 2.23. The van der Waals surface area contributed by atoms with Crippen LogP contribution in [0.15, 0.2) is 21.5 Å². The molecular formula is C19H22N4O3. The van der Waals surface area contributed by atoms with Gasteiger partial charge in [0.25, 0.3) is 5.56 Å². The molecule has 0 aliphatic carbocycles. The van der Waals surface area contributed by atoms with Crippen LogP contribution in [0.5, 0.6) is 0 Å². The number of carbonyl (C=O) groups excluding carboxylic acids is 1. The van der Waals surface area contributed by atoms with Gasteiger partial charge in [0.1, 0.15) is 11.8 Å². The molecule has 3 rings (SSSR count). The van der Waals surface area contributed by atoms with Crippen molar-refractivity contribution < 1.29 is 9.32 Å². The monoisotopic (exact) mass is 354 g/mol. The summed E-state index contributed by atoms with van der Waals surface area (Å²) in [7, 11) is 0. The van der Waals surface area contributed by atoms with Crippen molar-refractivity contribution in [2.45, 2.75) is 47.6 Å². The van der Waals surface area contributed by atoms with Gasteiger partial charge >= 0.3 is 0 Å². The molecule has 0 aliphatic heterocycles. The molecule has 0 saturated carbocycles. The van der Waals surface area contributed by atoms with Gasteiger partial charge in [0.2, 0.25) is 5.91 Å². The number of aromatic nitrogens is 3. The molecule has 0 fully saturated rings. The molecule has 26 heavy (non-hydrogen) atoms. The molecule has 2 aromatic heterocycles. The Kier molecular flexibility index (Phi) is 4.39. The van der Waals surface area contributed by atoms with Gasteiger partial charge in [-0.05, 0) is 52.7 Å². The van der Waals surface area contributed by atoms with Crippen molar-refractivity contribution in [3.05, 3.63) is 50.6 Å². The van der Waals surface area contributed by atoms with Crippen LogP contribution in [0.4, 0.5) is 5.69 Å². The number of hydrogen-bond acceptors (Lipinski definition) is 5. The average molecular weight is 354 g/mol. The first-order chi connectivity index (χ1) is 12.2. The number of nitrogens with one attached hydrogen (secondary N) is 1. The number of nitrogens with zero attached hydrogens (tertiary/aromatic N) is 3. The summed E-state index contributed by atoms with van der Waals surface area (Å²) < 4.78 is 6.27. The number of aryl methyl sites for hydroxylation is 5. The Bertz CT molecular complexity index is 1060. The lowest BCUT2D eigenvalue weighted by molar-refractivity contribution is -0.119. The van der Waals surface area contributed by atoms with E-state index < -0.39 is 11.6 Å². The van der Waals surface area contributed by atoms with Gasteiger partial charge in [-0.25, -0.2) is 4.68 Å². The maximum atomic E-state index is 12.8. The molecule has 1 aromatic carbocycles. The van der Waals surface area contributed by atoms with Gasteiger partial charge < -0.3 is 9.84 Å². The van der Waals surface area contributed by atoms with E-state index in [2.05, 4.69) is 15.6 Å². The SMILES string of the molecule is Cc1cc(C)c(NC(=O)[C@@H](C)n2nc(C)c3c(C)onc3c2=O)c(C)c1. The van der Waals surface area contributed by atoms with Crippen LogP contribution in [0, 0.1) is 34.6 Å². The van der Waals surface area contributed by atoms with Crippen molar-refractivity contribution in [3.8, 4) is 0 Å². The molecule has 0 unspecified atom stereocenters. The molecular weight excluding hydrogens is 332 g/mol. The fourth-order valence-corrected chi connectivity index (χ4v) is 3.29. The molecule has 1 amide bonds. The Morgan fingerprint density at radius 1 is 1.15 bits per heavy atom. The predicted molar refractivity (Wildman–Crippen MR) is 99.5 cm³/mol. The summed E-state index contributed by atoms with van der Waals surface area (Å²) in [4.78, 5) is 25.4. The van der Waals surface area contributed by atoms with Crippen molar-refractivity contribution in [2.75, 3.05) is 5.32 Å². The van der Waals surface area contributed by atoms with Gasteiger partial charge in [-0.15, -0.1) is 0 Å². The Labute approximate surface area is 151 Å². The van der Waals surface area contributed by atoms with E-state index in [0.717, 1.165) is 27.1 Å². The van der Waals surface area contributed by atoms with Crippen LogP contribution in [-0.4, -0.2) is 20.8 Å². The van der Waals surface area contributed by atoms with E-state index in [9.17, 15) is 9.59 Å². The van der Waals surface area contributed by atoms with Crippen LogP contribution >= 0.6 is 0 Å². The van der Waals surface area contributed by atoms with Gasteiger partial charge in [0.15, 0.2) is 5.52 Å². The average Bonchev–Trinajstić information content (AvgIpc) is 2.96. The van der Waals surface area contributed by atoms with Crippen LogP contribution in [0.2, 0.25) is 0 Å². The Hall–Kier alpha value is -2.96. The molecule has 0 bridgehead atoms. The van der Waals surface area contributed by atoms with Gasteiger partial charge in [-0.2, -0.15) is 5.10 Å². The Morgan fingerprint density at radius 3 is 2.38 bits per heavy atom. The second-order valence-electron chi connectivity index (χ2n) is 6.74. The first kappa shape index (κ1) is 17.8. The zero-order chi connectivity index (χ0) is 19.2. The third kappa shape index (κ3) is 2.89. The lowest BCUT2D eigenvalue weighted by Gasteiger charge is -2.17. The molecule has 136 valence electrons. The minimum absolute atomic E-state index is 0.192. The number of anilines is 1. The molecule has 1 atom stereocenters. The maximum absolute atomic E-state index is 12.8. The van der Waals surface area contributed by atoms with Crippen LogP contribution in [0.25, 0.3) is 10.9 Å². The lowest BCUT2D eigenvalue weighted by Crippen LogP contribution is -2.34. The summed E-state index contributed by atoms with van der Waals surface area (Å²) >= 11 is 0. The molecule has 2 heterocycles. The Morgan fingerprint density at radius 2 is 1.77 bits per heavy atom. The number of benzene rings is 1. The maximum Gasteiger partial charge on any atom is 0.297 e. The van der Waals surface area contributed by atoms with Gasteiger partial charge in [-0.1, -0.05) is 22.9 Å². The normalized spacial score (nSPS) is 12.4. The van der Waals surface area contributed by atoms with Gasteiger partial charge in [0.05, 0.1) is 11.1 Å². The van der Waals surface area contributed by atoms with E-state index >= 15 is 0 Å². The number of hydrogen-bond donors (Lipinski definition) is 1. The number of rotatable bonds is 3. The molecule has 0 saturated heterocycles. The summed E-state index contributed by atoms with van der Waals surface area (Å²) in [6, 6.07) is 3.22. The second kappa shape index (κ2) is 6.40. The highest BCUT2D eigenvalue weighted by molar-refractivity contribution is 5.95. The Balaban J connectivity index is 1.99. The summed E-state index contributed by atoms with van der Waals surface area (Å²) in [5.74, 6) is 0.228. The fourth-order valence-electron chi connectivity index (χ4n) is 3.29. The van der Waals surface area contributed by atoms with Crippen molar-refractivity contribution in [1.82, 2.24) is 14.9 Å². The van der Waals surface area contributed by atoms with E-state index in [1.165, 1.54) is 0 Å². The zero-order valence-electron chi connectivity index (χ0n) is 15.8. The van der Waals surface area contributed by atoms with Gasteiger partial charge in [-0.3, -0.25) is 9.59 Å². The molecule has 0 aliphatic rings. The topological polar surface area (TPSA) is 90.0 Å². The van der Waals surface area contributed by atoms with E-state index in [-0.39, 0.29) is 11.4 Å². The largest absolute Gasteiger partial charge is 0.360 e. The quantitative estimate of drug-likeness (QED) is 0.780. The van der Waals surface area contributed by atoms with Crippen molar-refractivity contribution >= 4 is 22.5 Å². The molecule has 7 nitrogen and oxygen atoms in total. The lowest BCUT2D eigenvalue weighted by atomic mass is 10.0. The van der Waals surface area contributed by atoms with Crippen molar-refractivity contribution in [3.63, 3.8) is 0 Å². The van der Waals surface area contributed by atoms with E-state index in [0.29, 0.717) is 16.8 Å². The first-order valence-electron chi connectivity index (χ1n) is 8.44. The zero-order valence-corrected chi connectivity index (χ0v) is 15.8. The number of carbonyl (C=O) groups is 1. The highest BCUT2D eigenvalue weighted by atomic mass is 16.5. The minimum atomic E-state index is -0.789. The number of fused-ring (bicyclic) bond motifs is 1. The third-order valence-electron chi connectivity index (χ3n) is 4.56. The van der Waals surface area contributed by atoms with Crippen LogP contribution in [0.1, 0.15) is 41.1 Å². The van der Waals surface area contributed by atoms with Crippen LogP contribution in [0.3, 0.4) is 0 Å². The standard InChI is InChI=1S/C19H22N4O3/c1-9-7-10(2)16(11(3)8-9)20-18(24)13(5)23-19(25)17-15(12(4)21-23)14(6)26-22-17/h7-8,13H,1-6H3,(H,20,24)/t13-/m1/s1. The van der Waals surface area contributed by atoms with Crippen LogP contribution in [-0.2, 0) is 4.79 Å². The van der Waals surface area contributed by atoms with Crippen molar-refractivity contribution in [1.29, 1.82) is 0 Å². The molecule has 1 N–H and O–H groups in total. The third-order valence-corrected chi connectivity index (χ3v) is 4.56. The molecule has 0 radical (unpaired) electrons. The fraction of sp³-hybridized carbons (Fsp3) is 0.368. The van der Waals surface area contributed by atoms with E-state index in [4.69, 9.17) is 4.52 Å². The molecule has 7 heteroatoms. The number of amides is 1. The predicted octanol–water partition coefficient (Wildman–Crippen LogP) is 3.13. The summed E-state index contributed by atoms with van der Waals surface area (Å²) in [6.45, 7) is 11.0. The molecule has 3 aromatic rings. The molecule has 0 spiro atoms. The van der Waals surface area contributed by atoms with Crippen LogP contribution < -0.4 is 10.9 Å². The first-order valence-corrected chi connectivity index (χ1v) is 8.44. The summed E-state index contributed by atoms with van der Waals surface area (Å²) in [5.41, 5.74) is 4.19. The van der Waals surface area contributed by atoms with E-state index in [1.54, 1.807) is 20.8 Å². The van der Waals surface area contributed by atoms with E-state index in [1.807, 2.05) is 32.9 Å². The van der Waals surface area contributed by atoms with Crippen molar-refractivity contribution in [2.24, 2.45) is 0 Å². The van der Waals surface area contributed by atoms with Gasteiger partial charge in [0, 0.05) is 5.69 Å². The minimum Gasteiger partial charge on any atom is -0.360 e. The second-order valence-corrected chi connectivity index (χ2v) is 6.74. The highest BCUT2D eigenvalue weighted by Crippen LogP contribution is 2.23.